The van der Waals surface area contributed by atoms with Crippen LogP contribution in [0.3, 0.4) is 0 Å². The van der Waals surface area contributed by atoms with E-state index in [2.05, 4.69) is 9.97 Å². The summed E-state index contributed by atoms with van der Waals surface area (Å²) in [5, 5.41) is 0.623. The highest BCUT2D eigenvalue weighted by Crippen LogP contribution is 2.28. The normalized spacial score (nSPS) is 16.7. The predicted octanol–water partition coefficient (Wildman–Crippen LogP) is 1.69. The third kappa shape index (κ3) is 2.36. The van der Waals surface area contributed by atoms with Crippen molar-refractivity contribution in [2.75, 3.05) is 6.61 Å². The Balaban J connectivity index is 1.45. The average Bonchev–Trinajstić information content (AvgIpc) is 3.07. The van der Waals surface area contributed by atoms with E-state index in [0.717, 1.165) is 10.2 Å². The van der Waals surface area contributed by atoms with Crippen molar-refractivity contribution in [1.29, 1.82) is 0 Å². The van der Waals surface area contributed by atoms with Gasteiger partial charge in [0.1, 0.15) is 6.61 Å². The van der Waals surface area contributed by atoms with Crippen molar-refractivity contribution in [3.8, 4) is 11.2 Å². The van der Waals surface area contributed by atoms with Gasteiger partial charge in [-0.3, -0.25) is 9.36 Å². The Labute approximate surface area is 123 Å². The van der Waals surface area contributed by atoms with E-state index < -0.39 is 0 Å². The zero-order valence-corrected chi connectivity index (χ0v) is 11.7. The number of aromatic nitrogens is 3. The molecule has 1 aromatic carbocycles. The molecule has 1 unspecified atom stereocenters. The van der Waals surface area contributed by atoms with Gasteiger partial charge in [0.2, 0.25) is 0 Å². The first-order chi connectivity index (χ1) is 10.3. The summed E-state index contributed by atoms with van der Waals surface area (Å²) in [6.45, 7) is 0.991. The van der Waals surface area contributed by atoms with Gasteiger partial charge in [-0.1, -0.05) is 23.5 Å². The molecule has 6 nitrogen and oxygen atoms in total. The third-order valence-corrected chi connectivity index (χ3v) is 4.14. The van der Waals surface area contributed by atoms with E-state index in [9.17, 15) is 4.79 Å². The van der Waals surface area contributed by atoms with Gasteiger partial charge in [-0.2, -0.15) is 4.98 Å². The molecule has 2 aromatic heterocycles. The topological polar surface area (TPSA) is 66.2 Å². The lowest BCUT2D eigenvalue weighted by atomic mass is 10.3. The lowest BCUT2D eigenvalue weighted by Crippen LogP contribution is -2.23. The van der Waals surface area contributed by atoms with Crippen LogP contribution >= 0.6 is 11.3 Å². The number of nitrogens with zero attached hydrogens (tertiary/aromatic N) is 3. The number of fused-ring (bicyclic) bond motifs is 2. The Bertz CT molecular complexity index is 825. The van der Waals surface area contributed by atoms with Crippen LogP contribution in [-0.4, -0.2) is 27.2 Å². The molecule has 0 spiro atoms. The Morgan fingerprint density at radius 3 is 3.14 bits per heavy atom. The van der Waals surface area contributed by atoms with Crippen molar-refractivity contribution in [3.63, 3.8) is 0 Å². The number of hydrogen-bond acceptors (Lipinski definition) is 6. The van der Waals surface area contributed by atoms with Crippen molar-refractivity contribution in [2.24, 2.45) is 0 Å². The lowest BCUT2D eigenvalue weighted by molar-refractivity contribution is 0.143. The summed E-state index contributed by atoms with van der Waals surface area (Å²) >= 11 is 1.51. The highest BCUT2D eigenvalue weighted by atomic mass is 32.1. The van der Waals surface area contributed by atoms with Gasteiger partial charge >= 0.3 is 0 Å². The second-order valence-corrected chi connectivity index (χ2v) is 5.69. The summed E-state index contributed by atoms with van der Waals surface area (Å²) in [6.07, 6.45) is 1.52. The number of benzene rings is 1. The second kappa shape index (κ2) is 4.85. The summed E-state index contributed by atoms with van der Waals surface area (Å²) in [4.78, 5) is 19.4. The van der Waals surface area contributed by atoms with E-state index in [1.54, 1.807) is 10.8 Å². The van der Waals surface area contributed by atoms with Crippen LogP contribution in [0.15, 0.2) is 41.3 Å². The molecule has 0 aliphatic carbocycles. The third-order valence-electron chi connectivity index (χ3n) is 3.19. The molecule has 3 heterocycles. The van der Waals surface area contributed by atoms with E-state index in [1.165, 1.54) is 17.4 Å². The SMILES string of the molecule is O=c1ccn2c(n1)OC(COc1nc3ccccc3s1)C2. The van der Waals surface area contributed by atoms with Crippen LogP contribution < -0.4 is 15.0 Å². The average molecular weight is 301 g/mol. The van der Waals surface area contributed by atoms with Gasteiger partial charge in [0.05, 0.1) is 16.8 Å². The first kappa shape index (κ1) is 12.3. The Hall–Kier alpha value is -2.41. The lowest BCUT2D eigenvalue weighted by Gasteiger charge is -2.08. The van der Waals surface area contributed by atoms with Gasteiger partial charge in [0, 0.05) is 12.3 Å². The molecule has 3 aromatic rings. The molecule has 0 radical (unpaired) electrons. The number of thiazole rings is 1. The molecule has 0 N–H and O–H groups in total. The zero-order chi connectivity index (χ0) is 14.2. The number of ether oxygens (including phenoxy) is 2. The summed E-state index contributed by atoms with van der Waals surface area (Å²) < 4.78 is 14.2. The summed E-state index contributed by atoms with van der Waals surface area (Å²) in [5.41, 5.74) is 0.633. The predicted molar refractivity (Wildman–Crippen MR) is 78.0 cm³/mol. The first-order valence-corrected chi connectivity index (χ1v) is 7.32. The fourth-order valence-electron chi connectivity index (χ4n) is 2.22. The minimum Gasteiger partial charge on any atom is -0.466 e. The van der Waals surface area contributed by atoms with Gasteiger partial charge in [-0.25, -0.2) is 4.98 Å². The molecule has 0 amide bonds. The van der Waals surface area contributed by atoms with Crippen LogP contribution in [0, 0.1) is 0 Å². The number of rotatable bonds is 3. The van der Waals surface area contributed by atoms with Crippen LogP contribution in [0.1, 0.15) is 0 Å². The molecule has 106 valence electrons. The summed E-state index contributed by atoms with van der Waals surface area (Å²) in [5.74, 6) is 0. The standard InChI is InChI=1S/C14H11N3O3S/c18-12-5-6-17-7-9(20-13(17)16-12)8-19-14-15-10-3-1-2-4-11(10)21-14/h1-6,9H,7-8H2. The van der Waals surface area contributed by atoms with Crippen molar-refractivity contribution < 1.29 is 9.47 Å². The van der Waals surface area contributed by atoms with Crippen molar-refractivity contribution in [3.05, 3.63) is 46.9 Å². The molecule has 1 aliphatic rings. The van der Waals surface area contributed by atoms with Crippen LogP contribution in [0.2, 0.25) is 0 Å². The first-order valence-electron chi connectivity index (χ1n) is 6.50. The molecule has 1 aliphatic heterocycles. The second-order valence-electron chi connectivity index (χ2n) is 4.70. The maximum atomic E-state index is 11.2. The largest absolute Gasteiger partial charge is 0.466 e. The minimum atomic E-state index is -0.297. The van der Waals surface area contributed by atoms with Gasteiger partial charge in [0.25, 0.3) is 16.8 Å². The molecule has 21 heavy (non-hydrogen) atoms. The molecule has 0 bridgehead atoms. The highest BCUT2D eigenvalue weighted by molar-refractivity contribution is 7.20. The van der Waals surface area contributed by atoms with Gasteiger partial charge < -0.3 is 9.47 Å². The monoisotopic (exact) mass is 301 g/mol. The van der Waals surface area contributed by atoms with Crippen LogP contribution in [0.25, 0.3) is 10.2 Å². The Morgan fingerprint density at radius 2 is 2.24 bits per heavy atom. The molecule has 0 saturated carbocycles. The molecule has 7 heteroatoms. The summed E-state index contributed by atoms with van der Waals surface area (Å²) in [7, 11) is 0. The van der Waals surface area contributed by atoms with Crippen LogP contribution in [0.5, 0.6) is 11.2 Å². The van der Waals surface area contributed by atoms with Crippen molar-refractivity contribution >= 4 is 21.6 Å². The van der Waals surface area contributed by atoms with Gasteiger partial charge in [-0.05, 0) is 12.1 Å². The van der Waals surface area contributed by atoms with Gasteiger partial charge in [-0.15, -0.1) is 0 Å². The molecule has 0 saturated heterocycles. The number of para-hydroxylation sites is 1. The smallest absolute Gasteiger partial charge is 0.300 e. The van der Waals surface area contributed by atoms with E-state index in [1.807, 2.05) is 24.3 Å². The van der Waals surface area contributed by atoms with E-state index in [4.69, 9.17) is 9.47 Å². The van der Waals surface area contributed by atoms with E-state index in [0.29, 0.717) is 24.4 Å². The fourth-order valence-corrected chi connectivity index (χ4v) is 3.04. The van der Waals surface area contributed by atoms with E-state index >= 15 is 0 Å². The zero-order valence-electron chi connectivity index (χ0n) is 10.9. The van der Waals surface area contributed by atoms with Crippen LogP contribution in [-0.2, 0) is 6.54 Å². The molecule has 1 atom stereocenters. The van der Waals surface area contributed by atoms with Gasteiger partial charge in [0.15, 0.2) is 6.10 Å². The maximum Gasteiger partial charge on any atom is 0.300 e. The fraction of sp³-hybridized carbons (Fsp3) is 0.214. The van der Waals surface area contributed by atoms with Crippen molar-refractivity contribution in [1.82, 2.24) is 14.5 Å². The quantitative estimate of drug-likeness (QED) is 0.736. The number of hydrogen-bond donors (Lipinski definition) is 0. The van der Waals surface area contributed by atoms with Crippen molar-refractivity contribution in [2.45, 2.75) is 12.6 Å². The Morgan fingerprint density at radius 1 is 1.33 bits per heavy atom. The Kier molecular flexibility index (Phi) is 2.85. The highest BCUT2D eigenvalue weighted by Gasteiger charge is 2.24. The van der Waals surface area contributed by atoms with E-state index in [-0.39, 0.29) is 11.7 Å². The maximum absolute atomic E-state index is 11.2. The molecule has 0 fully saturated rings. The van der Waals surface area contributed by atoms with Crippen LogP contribution in [0.4, 0.5) is 0 Å². The summed E-state index contributed by atoms with van der Waals surface area (Å²) in [6, 6.07) is 9.66. The molecular formula is C14H11N3O3S. The molecular weight excluding hydrogens is 290 g/mol. The molecule has 4 rings (SSSR count). The minimum absolute atomic E-state index is 0.161.